The van der Waals surface area contributed by atoms with Gasteiger partial charge in [0.25, 0.3) is 0 Å². The standard InChI is InChI=1S/C30H38FN7O4/c1-41-27-15-25-26(16-28(27)42-13-5-11-36-10-3-2-7-23(36)9-12-39)33-20-34-30(25)35-22-17-37(19-29(32)40)38(18-22)24-8-4-6-21(31)14-24/h4,6,8,14-17,20,23,39H,2-3,5,7,9-13,18-19H2,1H3,(H2,32,40)(H,33,34,35). The van der Waals surface area contributed by atoms with Crippen molar-refractivity contribution in [2.75, 3.05) is 56.8 Å². The Balaban J connectivity index is 1.28. The minimum absolute atomic E-state index is 0.0689. The highest BCUT2D eigenvalue weighted by molar-refractivity contribution is 5.92. The van der Waals surface area contributed by atoms with E-state index in [9.17, 15) is 14.3 Å². The van der Waals surface area contributed by atoms with Crippen molar-refractivity contribution >= 4 is 28.3 Å². The van der Waals surface area contributed by atoms with Gasteiger partial charge in [0.05, 0.1) is 37.2 Å². The number of carbonyl (C=O) groups excluding carboxylic acids is 1. The van der Waals surface area contributed by atoms with Gasteiger partial charge in [-0.05, 0) is 56.5 Å². The van der Waals surface area contributed by atoms with Crippen molar-refractivity contribution in [2.24, 2.45) is 5.73 Å². The average Bonchev–Trinajstić information content (AvgIpc) is 3.37. The van der Waals surface area contributed by atoms with Gasteiger partial charge in [0.1, 0.15) is 24.5 Å². The fraction of sp³-hybridized carbons (Fsp3) is 0.433. The maximum Gasteiger partial charge on any atom is 0.239 e. The third-order valence-electron chi connectivity index (χ3n) is 7.62. The van der Waals surface area contributed by atoms with Crippen LogP contribution in [0.4, 0.5) is 15.9 Å². The number of methoxy groups -OCH3 is 1. The van der Waals surface area contributed by atoms with Crippen molar-refractivity contribution in [1.29, 1.82) is 0 Å². The summed E-state index contributed by atoms with van der Waals surface area (Å²) in [5.74, 6) is 0.826. The number of rotatable bonds is 13. The van der Waals surface area contributed by atoms with Gasteiger partial charge in [-0.15, -0.1) is 0 Å². The molecule has 0 saturated carbocycles. The number of amides is 1. The number of likely N-dealkylation sites (tertiary alicyclic amines) is 1. The lowest BCUT2D eigenvalue weighted by atomic mass is 9.99. The molecule has 5 rings (SSSR count). The quantitative estimate of drug-likeness (QED) is 0.260. The maximum atomic E-state index is 13.9. The monoisotopic (exact) mass is 579 g/mol. The Kier molecular flexibility index (Phi) is 9.55. The van der Waals surface area contributed by atoms with Gasteiger partial charge < -0.3 is 30.5 Å². The van der Waals surface area contributed by atoms with Crippen LogP contribution < -0.4 is 25.5 Å². The number of piperidine rings is 1. The number of aliphatic hydroxyl groups is 1. The summed E-state index contributed by atoms with van der Waals surface area (Å²) in [4.78, 5) is 23.1. The normalized spacial score (nSPS) is 17.4. The van der Waals surface area contributed by atoms with Gasteiger partial charge in [-0.3, -0.25) is 14.8 Å². The fourth-order valence-electron chi connectivity index (χ4n) is 5.65. The van der Waals surface area contributed by atoms with Gasteiger partial charge in [-0.1, -0.05) is 12.5 Å². The molecule has 3 aromatic rings. The van der Waals surface area contributed by atoms with E-state index in [0.717, 1.165) is 43.4 Å². The predicted octanol–water partition coefficient (Wildman–Crippen LogP) is 3.26. The number of hydrazine groups is 1. The van der Waals surface area contributed by atoms with Crippen molar-refractivity contribution in [1.82, 2.24) is 19.9 Å². The van der Waals surface area contributed by atoms with E-state index < -0.39 is 5.91 Å². The minimum Gasteiger partial charge on any atom is -0.493 e. The highest BCUT2D eigenvalue weighted by Gasteiger charge is 2.25. The molecule has 1 atom stereocenters. The number of primary amides is 1. The van der Waals surface area contributed by atoms with Crippen LogP contribution in [0.2, 0.25) is 0 Å². The van der Waals surface area contributed by atoms with Gasteiger partial charge in [0.2, 0.25) is 5.91 Å². The first kappa shape index (κ1) is 29.3. The first-order valence-electron chi connectivity index (χ1n) is 14.3. The number of aromatic nitrogens is 2. The van der Waals surface area contributed by atoms with Gasteiger partial charge in [-0.25, -0.2) is 14.4 Å². The van der Waals surface area contributed by atoms with Gasteiger partial charge in [-0.2, -0.15) is 0 Å². The Labute approximate surface area is 244 Å². The Hall–Kier alpha value is -4.16. The second-order valence-electron chi connectivity index (χ2n) is 10.5. The van der Waals surface area contributed by atoms with E-state index in [-0.39, 0.29) is 19.0 Å². The SMILES string of the molecule is COc1cc2c(NC3=CN(CC(N)=O)N(c4cccc(F)c4)C3)ncnc2cc1OCCCN1CCCCC1CCO. The molecule has 0 spiro atoms. The van der Waals surface area contributed by atoms with Crippen molar-refractivity contribution < 1.29 is 23.8 Å². The molecule has 1 saturated heterocycles. The van der Waals surface area contributed by atoms with Crippen LogP contribution >= 0.6 is 0 Å². The number of hydrogen-bond donors (Lipinski definition) is 3. The summed E-state index contributed by atoms with van der Waals surface area (Å²) >= 11 is 0. The molecule has 3 heterocycles. The Morgan fingerprint density at radius 2 is 2.10 bits per heavy atom. The average molecular weight is 580 g/mol. The number of nitrogens with zero attached hydrogens (tertiary/aromatic N) is 5. The molecule has 1 amide bonds. The molecule has 42 heavy (non-hydrogen) atoms. The Morgan fingerprint density at radius 1 is 1.21 bits per heavy atom. The van der Waals surface area contributed by atoms with Crippen molar-refractivity contribution in [3.63, 3.8) is 0 Å². The second kappa shape index (κ2) is 13.7. The lowest BCUT2D eigenvalue weighted by Crippen LogP contribution is -2.41. The maximum absolute atomic E-state index is 13.9. The zero-order valence-electron chi connectivity index (χ0n) is 23.8. The molecule has 2 aliphatic rings. The van der Waals surface area contributed by atoms with E-state index in [1.54, 1.807) is 35.5 Å². The Bertz CT molecular complexity index is 1420. The molecule has 4 N–H and O–H groups in total. The van der Waals surface area contributed by atoms with E-state index >= 15 is 0 Å². The van der Waals surface area contributed by atoms with Crippen LogP contribution in [0.3, 0.4) is 0 Å². The topological polar surface area (TPSA) is 129 Å². The number of hydrogen-bond acceptors (Lipinski definition) is 10. The van der Waals surface area contributed by atoms with Crippen LogP contribution in [0, 0.1) is 5.82 Å². The number of carbonyl (C=O) groups is 1. The van der Waals surface area contributed by atoms with Gasteiger partial charge in [0.15, 0.2) is 11.5 Å². The number of halogens is 1. The molecule has 0 aliphatic carbocycles. The summed E-state index contributed by atoms with van der Waals surface area (Å²) in [6.45, 7) is 3.01. The van der Waals surface area contributed by atoms with Crippen LogP contribution in [-0.2, 0) is 4.79 Å². The summed E-state index contributed by atoms with van der Waals surface area (Å²) < 4.78 is 25.7. The summed E-state index contributed by atoms with van der Waals surface area (Å²) in [5, 5.41) is 16.9. The molecule has 0 bridgehead atoms. The van der Waals surface area contributed by atoms with E-state index in [1.165, 1.54) is 31.3 Å². The summed E-state index contributed by atoms with van der Waals surface area (Å²) in [6.07, 6.45) is 8.46. The first-order valence-corrected chi connectivity index (χ1v) is 14.3. The lowest BCUT2D eigenvalue weighted by molar-refractivity contribution is -0.118. The molecular formula is C30H38FN7O4. The number of nitrogens with one attached hydrogen (secondary N) is 1. The zero-order valence-corrected chi connectivity index (χ0v) is 23.8. The third-order valence-corrected chi connectivity index (χ3v) is 7.62. The Morgan fingerprint density at radius 3 is 2.88 bits per heavy atom. The molecule has 224 valence electrons. The highest BCUT2D eigenvalue weighted by atomic mass is 19.1. The third kappa shape index (κ3) is 7.00. The van der Waals surface area contributed by atoms with E-state index in [4.69, 9.17) is 15.2 Å². The number of fused-ring (bicyclic) bond motifs is 1. The zero-order chi connectivity index (χ0) is 29.5. The molecule has 2 aliphatic heterocycles. The molecule has 2 aromatic carbocycles. The molecular weight excluding hydrogens is 541 g/mol. The summed E-state index contributed by atoms with van der Waals surface area (Å²) in [7, 11) is 1.59. The van der Waals surface area contributed by atoms with E-state index in [2.05, 4.69) is 20.2 Å². The van der Waals surface area contributed by atoms with Gasteiger partial charge >= 0.3 is 0 Å². The minimum atomic E-state index is -0.514. The predicted molar refractivity (Wildman–Crippen MR) is 158 cm³/mol. The van der Waals surface area contributed by atoms with Crippen molar-refractivity contribution in [3.05, 3.63) is 60.4 Å². The molecule has 11 nitrogen and oxygen atoms in total. The van der Waals surface area contributed by atoms with Crippen LogP contribution in [-0.4, -0.2) is 83.4 Å². The van der Waals surface area contributed by atoms with Crippen LogP contribution in [0.1, 0.15) is 32.1 Å². The largest absolute Gasteiger partial charge is 0.493 e. The van der Waals surface area contributed by atoms with Crippen molar-refractivity contribution in [3.8, 4) is 11.5 Å². The van der Waals surface area contributed by atoms with Crippen LogP contribution in [0.25, 0.3) is 10.9 Å². The van der Waals surface area contributed by atoms with Crippen LogP contribution in [0.5, 0.6) is 11.5 Å². The highest BCUT2D eigenvalue weighted by Crippen LogP contribution is 2.35. The second-order valence-corrected chi connectivity index (χ2v) is 10.5. The smallest absolute Gasteiger partial charge is 0.239 e. The fourth-order valence-corrected chi connectivity index (χ4v) is 5.65. The molecule has 12 heteroatoms. The van der Waals surface area contributed by atoms with E-state index in [1.807, 2.05) is 12.1 Å². The number of anilines is 2. The summed E-state index contributed by atoms with van der Waals surface area (Å²) in [6, 6.07) is 10.3. The number of ether oxygens (including phenoxy) is 2. The molecule has 1 aromatic heterocycles. The van der Waals surface area contributed by atoms with Gasteiger partial charge in [0, 0.05) is 36.8 Å². The molecule has 1 unspecified atom stereocenters. The molecule has 0 radical (unpaired) electrons. The van der Waals surface area contributed by atoms with Crippen molar-refractivity contribution in [2.45, 2.75) is 38.1 Å². The number of nitrogens with two attached hydrogens (primary N) is 1. The number of aliphatic hydroxyl groups excluding tert-OH is 1. The van der Waals surface area contributed by atoms with Crippen LogP contribution in [0.15, 0.2) is 54.6 Å². The van der Waals surface area contributed by atoms with E-state index in [0.29, 0.717) is 47.7 Å². The first-order chi connectivity index (χ1) is 20.4. The summed E-state index contributed by atoms with van der Waals surface area (Å²) in [5.41, 5.74) is 7.47. The number of benzene rings is 2. The lowest BCUT2D eigenvalue weighted by Gasteiger charge is -2.35. The molecule has 1 fully saturated rings.